The van der Waals surface area contributed by atoms with Gasteiger partial charge in [-0.2, -0.15) is 0 Å². The van der Waals surface area contributed by atoms with E-state index in [4.69, 9.17) is 14.2 Å². The molecule has 2 aromatic carbocycles. The predicted molar refractivity (Wildman–Crippen MR) is 86.0 cm³/mol. The SMILES string of the molecule is CCOc1ccccc1COC(=O)COc1ccccc1[N+](=O)[O-]. The van der Waals surface area contributed by atoms with Gasteiger partial charge in [0.05, 0.1) is 11.5 Å². The molecule has 0 saturated heterocycles. The highest BCUT2D eigenvalue weighted by molar-refractivity contribution is 5.71. The minimum Gasteiger partial charge on any atom is -0.493 e. The first-order chi connectivity index (χ1) is 11.6. The van der Waals surface area contributed by atoms with Crippen LogP contribution in [0, 0.1) is 10.1 Å². The second-order valence-corrected chi connectivity index (χ2v) is 4.71. The normalized spacial score (nSPS) is 10.0. The van der Waals surface area contributed by atoms with E-state index in [2.05, 4.69) is 0 Å². The van der Waals surface area contributed by atoms with Crippen LogP contribution in [-0.4, -0.2) is 24.1 Å². The topological polar surface area (TPSA) is 87.9 Å². The van der Waals surface area contributed by atoms with Crippen LogP contribution < -0.4 is 9.47 Å². The number of esters is 1. The van der Waals surface area contributed by atoms with E-state index in [9.17, 15) is 14.9 Å². The average molecular weight is 331 g/mol. The Hall–Kier alpha value is -3.09. The fourth-order valence-corrected chi connectivity index (χ4v) is 1.99. The number of nitro benzene ring substituents is 1. The van der Waals surface area contributed by atoms with E-state index in [-0.39, 0.29) is 18.0 Å². The molecule has 24 heavy (non-hydrogen) atoms. The van der Waals surface area contributed by atoms with E-state index in [0.717, 1.165) is 5.56 Å². The van der Waals surface area contributed by atoms with E-state index < -0.39 is 17.5 Å². The van der Waals surface area contributed by atoms with Crippen molar-refractivity contribution in [1.82, 2.24) is 0 Å². The standard InChI is InChI=1S/C17H17NO6/c1-2-22-15-9-5-3-7-13(15)11-24-17(19)12-23-16-10-6-4-8-14(16)18(20)21/h3-10H,2,11-12H2,1H3. The maximum absolute atomic E-state index is 11.8. The molecule has 0 amide bonds. The molecule has 0 unspecified atom stereocenters. The molecule has 0 aliphatic carbocycles. The Morgan fingerprint density at radius 1 is 1.04 bits per heavy atom. The Labute approximate surface area is 138 Å². The van der Waals surface area contributed by atoms with Gasteiger partial charge in [0.1, 0.15) is 12.4 Å². The van der Waals surface area contributed by atoms with Gasteiger partial charge in [0.15, 0.2) is 12.4 Å². The third-order valence-electron chi connectivity index (χ3n) is 3.07. The van der Waals surface area contributed by atoms with Gasteiger partial charge in [0.25, 0.3) is 0 Å². The first-order valence-electron chi connectivity index (χ1n) is 7.34. The van der Waals surface area contributed by atoms with E-state index >= 15 is 0 Å². The van der Waals surface area contributed by atoms with Crippen LogP contribution in [0.5, 0.6) is 11.5 Å². The van der Waals surface area contributed by atoms with Gasteiger partial charge < -0.3 is 14.2 Å². The summed E-state index contributed by atoms with van der Waals surface area (Å²) in [4.78, 5) is 22.1. The summed E-state index contributed by atoms with van der Waals surface area (Å²) in [6, 6.07) is 13.1. The van der Waals surface area contributed by atoms with Crippen LogP contribution in [-0.2, 0) is 16.1 Å². The van der Waals surface area contributed by atoms with Crippen molar-refractivity contribution in [3.63, 3.8) is 0 Å². The molecule has 0 spiro atoms. The van der Waals surface area contributed by atoms with Crippen molar-refractivity contribution in [2.75, 3.05) is 13.2 Å². The number of hydrogen-bond acceptors (Lipinski definition) is 6. The van der Waals surface area contributed by atoms with Gasteiger partial charge in [-0.15, -0.1) is 0 Å². The second kappa shape index (κ2) is 8.52. The monoisotopic (exact) mass is 331 g/mol. The molecule has 0 fully saturated rings. The Kier molecular flexibility index (Phi) is 6.13. The summed E-state index contributed by atoms with van der Waals surface area (Å²) < 4.78 is 15.7. The van der Waals surface area contributed by atoms with Gasteiger partial charge in [-0.05, 0) is 19.1 Å². The zero-order valence-corrected chi connectivity index (χ0v) is 13.1. The van der Waals surface area contributed by atoms with E-state index in [1.54, 1.807) is 18.2 Å². The summed E-state index contributed by atoms with van der Waals surface area (Å²) in [7, 11) is 0. The van der Waals surface area contributed by atoms with Crippen molar-refractivity contribution in [3.05, 3.63) is 64.2 Å². The molecular formula is C17H17NO6. The number of benzene rings is 2. The van der Waals surface area contributed by atoms with Gasteiger partial charge >= 0.3 is 11.7 Å². The quantitative estimate of drug-likeness (QED) is 0.419. The summed E-state index contributed by atoms with van der Waals surface area (Å²) in [6.07, 6.45) is 0. The summed E-state index contributed by atoms with van der Waals surface area (Å²) in [5, 5.41) is 10.9. The lowest BCUT2D eigenvalue weighted by molar-refractivity contribution is -0.385. The van der Waals surface area contributed by atoms with Crippen molar-refractivity contribution in [2.45, 2.75) is 13.5 Å². The van der Waals surface area contributed by atoms with Crippen molar-refractivity contribution in [3.8, 4) is 11.5 Å². The number of ether oxygens (including phenoxy) is 3. The molecule has 0 aliphatic heterocycles. The lowest BCUT2D eigenvalue weighted by Gasteiger charge is -2.11. The fraction of sp³-hybridized carbons (Fsp3) is 0.235. The Bertz CT molecular complexity index is 716. The summed E-state index contributed by atoms with van der Waals surface area (Å²) >= 11 is 0. The fourth-order valence-electron chi connectivity index (χ4n) is 1.99. The predicted octanol–water partition coefficient (Wildman–Crippen LogP) is 3.12. The van der Waals surface area contributed by atoms with Crippen LogP contribution in [0.3, 0.4) is 0 Å². The molecule has 0 radical (unpaired) electrons. The molecule has 0 aliphatic rings. The Morgan fingerprint density at radius 3 is 2.42 bits per heavy atom. The molecule has 2 aromatic rings. The van der Waals surface area contributed by atoms with E-state index in [1.165, 1.54) is 18.2 Å². The summed E-state index contributed by atoms with van der Waals surface area (Å²) in [5.74, 6) is 0.0426. The van der Waals surface area contributed by atoms with Gasteiger partial charge in [0, 0.05) is 11.6 Å². The lowest BCUT2D eigenvalue weighted by Crippen LogP contribution is -2.15. The average Bonchev–Trinajstić information content (AvgIpc) is 2.59. The van der Waals surface area contributed by atoms with Gasteiger partial charge in [0.2, 0.25) is 0 Å². The number of nitro groups is 1. The molecule has 0 heterocycles. The zero-order chi connectivity index (χ0) is 17.4. The molecule has 2 rings (SSSR count). The van der Waals surface area contributed by atoms with Crippen LogP contribution in [0.15, 0.2) is 48.5 Å². The number of carbonyl (C=O) groups excluding carboxylic acids is 1. The summed E-state index contributed by atoms with van der Waals surface area (Å²) in [5.41, 5.74) is 0.533. The molecule has 0 bridgehead atoms. The smallest absolute Gasteiger partial charge is 0.344 e. The Morgan fingerprint density at radius 2 is 1.71 bits per heavy atom. The van der Waals surface area contributed by atoms with Gasteiger partial charge in [-0.25, -0.2) is 4.79 Å². The molecule has 7 heteroatoms. The molecule has 7 nitrogen and oxygen atoms in total. The summed E-state index contributed by atoms with van der Waals surface area (Å²) in [6.45, 7) is 1.99. The second-order valence-electron chi connectivity index (χ2n) is 4.71. The number of hydrogen-bond donors (Lipinski definition) is 0. The van der Waals surface area contributed by atoms with Crippen molar-refractivity contribution >= 4 is 11.7 Å². The highest BCUT2D eigenvalue weighted by Crippen LogP contribution is 2.25. The molecule has 0 saturated carbocycles. The lowest BCUT2D eigenvalue weighted by atomic mass is 10.2. The Balaban J connectivity index is 1.90. The number of nitrogens with zero attached hydrogens (tertiary/aromatic N) is 1. The van der Waals surface area contributed by atoms with E-state index in [1.807, 2.05) is 19.1 Å². The van der Waals surface area contributed by atoms with Gasteiger partial charge in [-0.3, -0.25) is 10.1 Å². The number of rotatable bonds is 8. The molecule has 126 valence electrons. The van der Waals surface area contributed by atoms with Crippen LogP contribution in [0.2, 0.25) is 0 Å². The molecule has 0 aromatic heterocycles. The number of carbonyl (C=O) groups is 1. The highest BCUT2D eigenvalue weighted by Gasteiger charge is 2.15. The maximum Gasteiger partial charge on any atom is 0.344 e. The van der Waals surface area contributed by atoms with Crippen molar-refractivity contribution in [1.29, 1.82) is 0 Å². The van der Waals surface area contributed by atoms with Crippen LogP contribution in [0.25, 0.3) is 0 Å². The zero-order valence-electron chi connectivity index (χ0n) is 13.1. The largest absolute Gasteiger partial charge is 0.493 e. The third-order valence-corrected chi connectivity index (χ3v) is 3.07. The number of para-hydroxylation sites is 3. The third kappa shape index (κ3) is 4.70. The minimum absolute atomic E-state index is 0.0224. The van der Waals surface area contributed by atoms with Crippen LogP contribution in [0.1, 0.15) is 12.5 Å². The highest BCUT2D eigenvalue weighted by atomic mass is 16.6. The maximum atomic E-state index is 11.8. The van der Waals surface area contributed by atoms with Gasteiger partial charge in [-0.1, -0.05) is 30.3 Å². The van der Waals surface area contributed by atoms with Crippen LogP contribution >= 0.6 is 0 Å². The van der Waals surface area contributed by atoms with Crippen LogP contribution in [0.4, 0.5) is 5.69 Å². The molecule has 0 atom stereocenters. The van der Waals surface area contributed by atoms with Crippen molar-refractivity contribution < 1.29 is 23.9 Å². The van der Waals surface area contributed by atoms with Crippen molar-refractivity contribution in [2.24, 2.45) is 0 Å². The van der Waals surface area contributed by atoms with E-state index in [0.29, 0.717) is 12.4 Å². The minimum atomic E-state index is -0.626. The molecular weight excluding hydrogens is 314 g/mol. The first kappa shape index (κ1) is 17.3. The first-order valence-corrected chi connectivity index (χ1v) is 7.34. The molecule has 0 N–H and O–H groups in total.